The molecule has 0 aliphatic heterocycles. The minimum atomic E-state index is -0.617. The number of rotatable bonds is 6. The molecule has 0 fully saturated rings. The first-order chi connectivity index (χ1) is 13.0. The van der Waals surface area contributed by atoms with Crippen molar-refractivity contribution in [3.05, 3.63) is 47.2 Å². The van der Waals surface area contributed by atoms with Crippen molar-refractivity contribution in [3.63, 3.8) is 0 Å². The van der Waals surface area contributed by atoms with E-state index >= 15 is 0 Å². The zero-order chi connectivity index (χ0) is 19.4. The number of fused-ring (bicyclic) bond motifs is 1. The summed E-state index contributed by atoms with van der Waals surface area (Å²) in [6, 6.07) is 9.40. The van der Waals surface area contributed by atoms with E-state index in [-0.39, 0.29) is 23.8 Å². The lowest BCUT2D eigenvalue weighted by Gasteiger charge is -2.08. The molecule has 1 N–H and O–H groups in total. The molecule has 0 aliphatic rings. The second kappa shape index (κ2) is 7.99. The van der Waals surface area contributed by atoms with E-state index in [1.807, 2.05) is 38.1 Å². The van der Waals surface area contributed by atoms with Gasteiger partial charge in [-0.1, -0.05) is 41.9 Å². The molecule has 7 nitrogen and oxygen atoms in total. The SMILES string of the molecule is CCCNC(=O)COC(=O)c1cc(-c2ccc(C)cc2)nc2onc(C)c12. The Kier molecular flexibility index (Phi) is 5.49. The summed E-state index contributed by atoms with van der Waals surface area (Å²) in [4.78, 5) is 28.8. The average Bonchev–Trinajstić information content (AvgIpc) is 3.05. The van der Waals surface area contributed by atoms with E-state index in [0.29, 0.717) is 23.3 Å². The third-order valence-electron chi connectivity index (χ3n) is 4.09. The van der Waals surface area contributed by atoms with Crippen LogP contribution < -0.4 is 5.32 Å². The molecule has 27 heavy (non-hydrogen) atoms. The maximum atomic E-state index is 12.6. The van der Waals surface area contributed by atoms with Gasteiger partial charge in [-0.3, -0.25) is 4.79 Å². The number of benzene rings is 1. The topological polar surface area (TPSA) is 94.3 Å². The van der Waals surface area contributed by atoms with Crippen LogP contribution in [0.25, 0.3) is 22.4 Å². The molecule has 3 rings (SSSR count). The van der Waals surface area contributed by atoms with Crippen LogP contribution in [-0.4, -0.2) is 35.2 Å². The summed E-state index contributed by atoms with van der Waals surface area (Å²) in [7, 11) is 0. The normalized spacial score (nSPS) is 10.8. The van der Waals surface area contributed by atoms with Crippen LogP contribution in [0.15, 0.2) is 34.9 Å². The van der Waals surface area contributed by atoms with Crippen LogP contribution in [0.1, 0.15) is 35.0 Å². The monoisotopic (exact) mass is 367 g/mol. The van der Waals surface area contributed by atoms with Crippen LogP contribution in [0.5, 0.6) is 0 Å². The number of carbonyl (C=O) groups excluding carboxylic acids is 2. The van der Waals surface area contributed by atoms with Gasteiger partial charge in [0.1, 0.15) is 0 Å². The molecule has 3 aromatic rings. The van der Waals surface area contributed by atoms with Gasteiger partial charge in [-0.05, 0) is 26.3 Å². The fraction of sp³-hybridized carbons (Fsp3) is 0.300. The number of ether oxygens (including phenoxy) is 1. The highest BCUT2D eigenvalue weighted by Crippen LogP contribution is 2.27. The van der Waals surface area contributed by atoms with E-state index in [0.717, 1.165) is 17.5 Å². The standard InChI is InChI=1S/C20H21N3O4/c1-4-9-21-17(24)11-26-20(25)15-10-16(14-7-5-12(2)6-8-14)22-19-18(15)13(3)23-27-19/h5-8,10H,4,9,11H2,1-3H3,(H,21,24). The van der Waals surface area contributed by atoms with Gasteiger partial charge in [0.05, 0.1) is 22.3 Å². The molecule has 0 atom stereocenters. The van der Waals surface area contributed by atoms with Gasteiger partial charge < -0.3 is 14.6 Å². The molecule has 0 unspecified atom stereocenters. The summed E-state index contributed by atoms with van der Waals surface area (Å²) in [5, 5.41) is 7.06. The first-order valence-electron chi connectivity index (χ1n) is 8.77. The van der Waals surface area contributed by atoms with Crippen molar-refractivity contribution in [2.24, 2.45) is 0 Å². The number of nitrogens with zero attached hydrogens (tertiary/aromatic N) is 2. The smallest absolute Gasteiger partial charge is 0.339 e. The lowest BCUT2D eigenvalue weighted by Crippen LogP contribution is -2.29. The Labute approximate surface area is 156 Å². The first kappa shape index (κ1) is 18.6. The quantitative estimate of drug-likeness (QED) is 0.673. The molecule has 0 bridgehead atoms. The second-order valence-electron chi connectivity index (χ2n) is 6.30. The molecule has 7 heteroatoms. The Morgan fingerprint density at radius 1 is 1.19 bits per heavy atom. The summed E-state index contributed by atoms with van der Waals surface area (Å²) >= 11 is 0. The number of carbonyl (C=O) groups is 2. The minimum absolute atomic E-state index is 0.257. The highest BCUT2D eigenvalue weighted by molar-refractivity contribution is 6.04. The number of hydrogen-bond acceptors (Lipinski definition) is 6. The Bertz CT molecular complexity index is 977. The van der Waals surface area contributed by atoms with Crippen LogP contribution in [-0.2, 0) is 9.53 Å². The van der Waals surface area contributed by atoms with Crippen molar-refractivity contribution in [1.82, 2.24) is 15.5 Å². The summed E-state index contributed by atoms with van der Waals surface area (Å²) < 4.78 is 10.4. The Hall–Kier alpha value is -3.22. The van der Waals surface area contributed by atoms with Gasteiger partial charge in [0.25, 0.3) is 11.6 Å². The first-order valence-corrected chi connectivity index (χ1v) is 8.77. The summed E-state index contributed by atoms with van der Waals surface area (Å²) in [6.07, 6.45) is 0.810. The lowest BCUT2D eigenvalue weighted by atomic mass is 10.0. The molecular weight excluding hydrogens is 346 g/mol. The number of pyridine rings is 1. The number of nitrogens with one attached hydrogen (secondary N) is 1. The van der Waals surface area contributed by atoms with Crippen LogP contribution in [0.4, 0.5) is 0 Å². The van der Waals surface area contributed by atoms with Crippen molar-refractivity contribution in [2.45, 2.75) is 27.2 Å². The van der Waals surface area contributed by atoms with Crippen LogP contribution in [0, 0.1) is 13.8 Å². The molecule has 1 amide bonds. The van der Waals surface area contributed by atoms with Crippen LogP contribution >= 0.6 is 0 Å². The van der Waals surface area contributed by atoms with E-state index in [1.165, 1.54) is 0 Å². The van der Waals surface area contributed by atoms with Gasteiger partial charge >= 0.3 is 5.97 Å². The summed E-state index contributed by atoms with van der Waals surface area (Å²) in [5.41, 5.74) is 3.60. The molecule has 140 valence electrons. The molecule has 0 radical (unpaired) electrons. The molecule has 0 spiro atoms. The van der Waals surface area contributed by atoms with Crippen molar-refractivity contribution >= 4 is 23.0 Å². The van der Waals surface area contributed by atoms with Crippen molar-refractivity contribution < 1.29 is 18.8 Å². The second-order valence-corrected chi connectivity index (χ2v) is 6.30. The van der Waals surface area contributed by atoms with Gasteiger partial charge in [-0.25, -0.2) is 9.78 Å². The predicted molar refractivity (Wildman–Crippen MR) is 100 cm³/mol. The van der Waals surface area contributed by atoms with Gasteiger partial charge in [-0.2, -0.15) is 0 Å². The van der Waals surface area contributed by atoms with Gasteiger partial charge in [-0.15, -0.1) is 0 Å². The maximum Gasteiger partial charge on any atom is 0.339 e. The van der Waals surface area contributed by atoms with E-state index in [1.54, 1.807) is 13.0 Å². The number of amides is 1. The number of hydrogen-bond donors (Lipinski definition) is 1. The van der Waals surface area contributed by atoms with Crippen molar-refractivity contribution in [2.75, 3.05) is 13.2 Å². The average molecular weight is 367 g/mol. The summed E-state index contributed by atoms with van der Waals surface area (Å²) in [5.74, 6) is -0.954. The maximum absolute atomic E-state index is 12.6. The molecule has 0 saturated heterocycles. The zero-order valence-corrected chi connectivity index (χ0v) is 15.5. The molecule has 2 aromatic heterocycles. The highest BCUT2D eigenvalue weighted by Gasteiger charge is 2.21. The highest BCUT2D eigenvalue weighted by atomic mass is 16.5. The molecule has 0 aliphatic carbocycles. The van der Waals surface area contributed by atoms with Gasteiger partial charge in [0, 0.05) is 12.1 Å². The molecular formula is C20H21N3O4. The third kappa shape index (κ3) is 4.13. The molecule has 1 aromatic carbocycles. The lowest BCUT2D eigenvalue weighted by molar-refractivity contribution is -0.124. The molecule has 0 saturated carbocycles. The van der Waals surface area contributed by atoms with Crippen LogP contribution in [0.3, 0.4) is 0 Å². The Balaban J connectivity index is 1.93. The fourth-order valence-electron chi connectivity index (χ4n) is 2.65. The van der Waals surface area contributed by atoms with Crippen LogP contribution in [0.2, 0.25) is 0 Å². The van der Waals surface area contributed by atoms with Gasteiger partial charge in [0.15, 0.2) is 6.61 Å². The number of aryl methyl sites for hydroxylation is 2. The number of esters is 1. The Morgan fingerprint density at radius 3 is 2.63 bits per heavy atom. The summed E-state index contributed by atoms with van der Waals surface area (Å²) in [6.45, 7) is 5.86. The van der Waals surface area contributed by atoms with Crippen molar-refractivity contribution in [1.29, 1.82) is 0 Å². The van der Waals surface area contributed by atoms with E-state index in [2.05, 4.69) is 15.5 Å². The van der Waals surface area contributed by atoms with E-state index in [4.69, 9.17) is 9.26 Å². The minimum Gasteiger partial charge on any atom is -0.452 e. The van der Waals surface area contributed by atoms with Gasteiger partial charge in [0.2, 0.25) is 0 Å². The Morgan fingerprint density at radius 2 is 1.93 bits per heavy atom. The molecule has 2 heterocycles. The van der Waals surface area contributed by atoms with E-state index < -0.39 is 5.97 Å². The fourth-order valence-corrected chi connectivity index (χ4v) is 2.65. The number of aromatic nitrogens is 2. The third-order valence-corrected chi connectivity index (χ3v) is 4.09. The predicted octanol–water partition coefficient (Wildman–Crippen LogP) is 3.19. The zero-order valence-electron chi connectivity index (χ0n) is 15.5. The van der Waals surface area contributed by atoms with Crippen molar-refractivity contribution in [3.8, 4) is 11.3 Å². The largest absolute Gasteiger partial charge is 0.452 e. The van der Waals surface area contributed by atoms with E-state index in [9.17, 15) is 9.59 Å².